The molecule has 0 radical (unpaired) electrons. The molecule has 0 aliphatic carbocycles. The molecule has 0 aromatic heterocycles. The van der Waals surface area contributed by atoms with E-state index < -0.39 is 11.7 Å². The van der Waals surface area contributed by atoms with Crippen LogP contribution in [0.3, 0.4) is 0 Å². The maximum Gasteiger partial charge on any atom is 0.417 e. The van der Waals surface area contributed by atoms with Gasteiger partial charge in [0.1, 0.15) is 0 Å². The summed E-state index contributed by atoms with van der Waals surface area (Å²) in [5.41, 5.74) is -0.0698. The van der Waals surface area contributed by atoms with E-state index in [1.165, 1.54) is 24.3 Å². The lowest BCUT2D eigenvalue weighted by atomic mass is 9.98. The highest BCUT2D eigenvalue weighted by Gasteiger charge is 2.33. The summed E-state index contributed by atoms with van der Waals surface area (Å²) in [5.74, 6) is 0. The molecule has 0 atom stereocenters. The Morgan fingerprint density at radius 3 is 2.21 bits per heavy atom. The van der Waals surface area contributed by atoms with Crippen LogP contribution in [0.4, 0.5) is 13.2 Å². The highest BCUT2D eigenvalue weighted by Crippen LogP contribution is 2.40. The topological polar surface area (TPSA) is 20.2 Å². The molecule has 19 heavy (non-hydrogen) atoms. The van der Waals surface area contributed by atoms with Crippen LogP contribution < -0.4 is 0 Å². The Labute approximate surface area is 113 Å². The number of aliphatic hydroxyl groups is 1. The summed E-state index contributed by atoms with van der Waals surface area (Å²) in [6.45, 7) is -0.319. The third kappa shape index (κ3) is 2.74. The second-order valence-electron chi connectivity index (χ2n) is 3.98. The summed E-state index contributed by atoms with van der Waals surface area (Å²) in [7, 11) is 0. The molecular formula is C14H10ClF3O. The molecule has 2 aromatic carbocycles. The summed E-state index contributed by atoms with van der Waals surface area (Å²) < 4.78 is 38.9. The fourth-order valence-electron chi connectivity index (χ4n) is 1.88. The van der Waals surface area contributed by atoms with Gasteiger partial charge in [0.15, 0.2) is 0 Å². The van der Waals surface area contributed by atoms with Crippen LogP contribution in [0.15, 0.2) is 42.5 Å². The monoisotopic (exact) mass is 286 g/mol. The first-order chi connectivity index (χ1) is 8.95. The first-order valence-electron chi connectivity index (χ1n) is 5.50. The van der Waals surface area contributed by atoms with Gasteiger partial charge in [0.05, 0.1) is 17.2 Å². The normalized spacial score (nSPS) is 11.6. The quantitative estimate of drug-likeness (QED) is 0.861. The second kappa shape index (κ2) is 5.23. The van der Waals surface area contributed by atoms with E-state index in [2.05, 4.69) is 0 Å². The zero-order valence-corrected chi connectivity index (χ0v) is 10.5. The second-order valence-corrected chi connectivity index (χ2v) is 4.36. The van der Waals surface area contributed by atoms with Crippen LogP contribution in [0.5, 0.6) is 0 Å². The predicted molar refractivity (Wildman–Crippen MR) is 67.8 cm³/mol. The van der Waals surface area contributed by atoms with Gasteiger partial charge in [-0.15, -0.1) is 0 Å². The van der Waals surface area contributed by atoms with Crippen molar-refractivity contribution in [1.29, 1.82) is 0 Å². The van der Waals surface area contributed by atoms with Crippen molar-refractivity contribution in [1.82, 2.24) is 0 Å². The summed E-state index contributed by atoms with van der Waals surface area (Å²) in [5, 5.41) is 9.25. The zero-order chi connectivity index (χ0) is 14.0. The highest BCUT2D eigenvalue weighted by atomic mass is 35.5. The van der Waals surface area contributed by atoms with Gasteiger partial charge >= 0.3 is 6.18 Å². The lowest BCUT2D eigenvalue weighted by Crippen LogP contribution is -2.07. The molecule has 5 heteroatoms. The number of hydrogen-bond acceptors (Lipinski definition) is 1. The van der Waals surface area contributed by atoms with Gasteiger partial charge in [0, 0.05) is 5.56 Å². The van der Waals surface area contributed by atoms with Gasteiger partial charge in [-0.05, 0) is 17.2 Å². The number of aliphatic hydroxyl groups excluding tert-OH is 1. The number of benzene rings is 2. The van der Waals surface area contributed by atoms with E-state index in [0.717, 1.165) is 6.07 Å². The van der Waals surface area contributed by atoms with E-state index in [0.29, 0.717) is 5.56 Å². The van der Waals surface area contributed by atoms with Crippen molar-refractivity contribution >= 4 is 11.6 Å². The van der Waals surface area contributed by atoms with Crippen molar-refractivity contribution in [3.63, 3.8) is 0 Å². The van der Waals surface area contributed by atoms with Gasteiger partial charge in [-0.25, -0.2) is 0 Å². The molecule has 0 amide bonds. The van der Waals surface area contributed by atoms with Gasteiger partial charge in [0.25, 0.3) is 0 Å². The fourth-order valence-corrected chi connectivity index (χ4v) is 2.16. The van der Waals surface area contributed by atoms with E-state index in [1.54, 1.807) is 12.1 Å². The van der Waals surface area contributed by atoms with Crippen LogP contribution in [0.2, 0.25) is 5.02 Å². The van der Waals surface area contributed by atoms with Crippen molar-refractivity contribution in [3.05, 3.63) is 58.6 Å². The van der Waals surface area contributed by atoms with Crippen LogP contribution in [-0.4, -0.2) is 5.11 Å². The van der Waals surface area contributed by atoms with E-state index in [9.17, 15) is 13.2 Å². The zero-order valence-electron chi connectivity index (χ0n) is 9.71. The largest absolute Gasteiger partial charge is 0.417 e. The van der Waals surface area contributed by atoms with Crippen molar-refractivity contribution in [2.24, 2.45) is 0 Å². The molecule has 0 unspecified atom stereocenters. The minimum atomic E-state index is -4.45. The maximum atomic E-state index is 13.0. The molecule has 1 N–H and O–H groups in total. The number of hydrogen-bond donors (Lipinski definition) is 1. The summed E-state index contributed by atoms with van der Waals surface area (Å²) in [4.78, 5) is 0. The van der Waals surface area contributed by atoms with E-state index in [4.69, 9.17) is 16.7 Å². The SMILES string of the molecule is OCc1cccc(-c2ccccc2C(F)(F)F)c1Cl. The van der Waals surface area contributed by atoms with E-state index in [1.807, 2.05) is 0 Å². The summed E-state index contributed by atoms with van der Waals surface area (Å²) in [6, 6.07) is 9.87. The molecule has 0 saturated heterocycles. The Hall–Kier alpha value is -1.52. The van der Waals surface area contributed by atoms with Crippen molar-refractivity contribution in [2.45, 2.75) is 12.8 Å². The average molecular weight is 287 g/mol. The molecule has 0 fully saturated rings. The Morgan fingerprint density at radius 1 is 0.947 bits per heavy atom. The van der Waals surface area contributed by atoms with Crippen molar-refractivity contribution in [3.8, 4) is 11.1 Å². The Kier molecular flexibility index (Phi) is 3.83. The fraction of sp³-hybridized carbons (Fsp3) is 0.143. The molecular weight excluding hydrogens is 277 g/mol. The third-order valence-corrected chi connectivity index (χ3v) is 3.22. The predicted octanol–water partition coefficient (Wildman–Crippen LogP) is 4.52. The number of rotatable bonds is 2. The highest BCUT2D eigenvalue weighted by molar-refractivity contribution is 6.34. The van der Waals surface area contributed by atoms with Gasteiger partial charge in [0.2, 0.25) is 0 Å². The summed E-state index contributed by atoms with van der Waals surface area (Å²) >= 11 is 6.04. The molecule has 0 aliphatic rings. The first-order valence-corrected chi connectivity index (χ1v) is 5.88. The minimum absolute atomic E-state index is 0.00954. The van der Waals surface area contributed by atoms with Crippen LogP contribution in [0, 0.1) is 0 Å². The maximum absolute atomic E-state index is 13.0. The Balaban J connectivity index is 2.67. The average Bonchev–Trinajstić information content (AvgIpc) is 2.38. The van der Waals surface area contributed by atoms with Crippen LogP contribution in [0.25, 0.3) is 11.1 Å². The lowest BCUT2D eigenvalue weighted by Gasteiger charge is -2.14. The van der Waals surface area contributed by atoms with E-state index in [-0.39, 0.29) is 22.8 Å². The molecule has 0 aliphatic heterocycles. The number of halogens is 4. The van der Waals surface area contributed by atoms with Crippen molar-refractivity contribution in [2.75, 3.05) is 0 Å². The molecule has 0 saturated carbocycles. The van der Waals surface area contributed by atoms with Crippen LogP contribution in [0.1, 0.15) is 11.1 Å². The van der Waals surface area contributed by atoms with Crippen LogP contribution in [-0.2, 0) is 12.8 Å². The van der Waals surface area contributed by atoms with Gasteiger partial charge in [-0.1, -0.05) is 48.0 Å². The Morgan fingerprint density at radius 2 is 1.58 bits per heavy atom. The molecule has 2 aromatic rings. The molecule has 0 bridgehead atoms. The smallest absolute Gasteiger partial charge is 0.392 e. The minimum Gasteiger partial charge on any atom is -0.392 e. The van der Waals surface area contributed by atoms with Gasteiger partial charge < -0.3 is 5.11 Å². The van der Waals surface area contributed by atoms with Gasteiger partial charge in [-0.2, -0.15) is 13.2 Å². The first kappa shape index (κ1) is 13.9. The molecule has 2 rings (SSSR count). The molecule has 100 valence electrons. The van der Waals surface area contributed by atoms with Crippen molar-refractivity contribution < 1.29 is 18.3 Å². The number of alkyl halides is 3. The Bertz CT molecular complexity index is 593. The standard InChI is InChI=1S/C14H10ClF3O/c15-13-9(8-19)4-3-6-11(13)10-5-1-2-7-12(10)14(16,17)18/h1-7,19H,8H2. The van der Waals surface area contributed by atoms with E-state index >= 15 is 0 Å². The molecule has 0 heterocycles. The van der Waals surface area contributed by atoms with Gasteiger partial charge in [-0.3, -0.25) is 0 Å². The molecule has 1 nitrogen and oxygen atoms in total. The summed E-state index contributed by atoms with van der Waals surface area (Å²) in [6.07, 6.45) is -4.45. The lowest BCUT2D eigenvalue weighted by molar-refractivity contribution is -0.137. The van der Waals surface area contributed by atoms with Crippen LogP contribution >= 0.6 is 11.6 Å². The molecule has 0 spiro atoms. The third-order valence-electron chi connectivity index (χ3n) is 2.77.